The highest BCUT2D eigenvalue weighted by atomic mass is 19.1. The van der Waals surface area contributed by atoms with E-state index in [2.05, 4.69) is 20.6 Å². The minimum Gasteiger partial charge on any atom is -0.497 e. The first-order chi connectivity index (χ1) is 13.1. The number of halogens is 1. The molecule has 8 heteroatoms. The molecule has 0 fully saturated rings. The third-order valence-corrected chi connectivity index (χ3v) is 3.66. The van der Waals surface area contributed by atoms with E-state index in [4.69, 9.17) is 9.47 Å². The lowest BCUT2D eigenvalue weighted by Gasteiger charge is -2.12. The summed E-state index contributed by atoms with van der Waals surface area (Å²) < 4.78 is 23.4. The molecule has 3 aromatic rings. The van der Waals surface area contributed by atoms with Crippen LogP contribution in [0.5, 0.6) is 11.5 Å². The van der Waals surface area contributed by atoms with Crippen LogP contribution >= 0.6 is 0 Å². The molecule has 1 heterocycles. The highest BCUT2D eigenvalue weighted by Gasteiger charge is 2.10. The molecule has 0 aliphatic rings. The van der Waals surface area contributed by atoms with E-state index in [0.717, 1.165) is 0 Å². The molecule has 0 aliphatic carbocycles. The molecule has 0 atom stereocenters. The first kappa shape index (κ1) is 18.1. The third-order valence-electron chi connectivity index (χ3n) is 3.66. The fraction of sp³-hybridized carbons (Fsp3) is 0.105. The first-order valence-electron chi connectivity index (χ1n) is 7.97. The van der Waals surface area contributed by atoms with E-state index in [1.807, 2.05) is 0 Å². The number of anilines is 3. The predicted octanol–water partition coefficient (Wildman–Crippen LogP) is 3.63. The van der Waals surface area contributed by atoms with Gasteiger partial charge in [-0.1, -0.05) is 0 Å². The number of nitrogens with zero attached hydrogens (tertiary/aromatic N) is 2. The Labute approximate surface area is 155 Å². The monoisotopic (exact) mass is 368 g/mol. The number of aromatic nitrogens is 2. The summed E-state index contributed by atoms with van der Waals surface area (Å²) in [5.41, 5.74) is 1.24. The van der Waals surface area contributed by atoms with Gasteiger partial charge in [0.05, 0.1) is 32.3 Å². The van der Waals surface area contributed by atoms with Crippen LogP contribution in [-0.2, 0) is 0 Å². The molecule has 0 radical (unpaired) electrons. The summed E-state index contributed by atoms with van der Waals surface area (Å²) >= 11 is 0. The maximum atomic E-state index is 12.9. The zero-order valence-corrected chi connectivity index (χ0v) is 14.7. The summed E-state index contributed by atoms with van der Waals surface area (Å²) in [4.78, 5) is 20.5. The zero-order chi connectivity index (χ0) is 19.2. The Morgan fingerprint density at radius 3 is 2.41 bits per heavy atom. The van der Waals surface area contributed by atoms with Crippen molar-refractivity contribution >= 4 is 23.1 Å². The van der Waals surface area contributed by atoms with Gasteiger partial charge in [-0.3, -0.25) is 4.79 Å². The van der Waals surface area contributed by atoms with Crippen LogP contribution in [0.15, 0.2) is 54.9 Å². The van der Waals surface area contributed by atoms with E-state index in [-0.39, 0.29) is 11.5 Å². The highest BCUT2D eigenvalue weighted by Crippen LogP contribution is 2.30. The zero-order valence-electron chi connectivity index (χ0n) is 14.7. The Morgan fingerprint density at radius 2 is 1.78 bits per heavy atom. The second-order valence-corrected chi connectivity index (χ2v) is 5.44. The smallest absolute Gasteiger partial charge is 0.275 e. The van der Waals surface area contributed by atoms with Gasteiger partial charge in [0.2, 0.25) is 0 Å². The van der Waals surface area contributed by atoms with Crippen LogP contribution < -0.4 is 20.1 Å². The van der Waals surface area contributed by atoms with E-state index in [9.17, 15) is 9.18 Å². The Morgan fingerprint density at radius 1 is 1.00 bits per heavy atom. The fourth-order valence-corrected chi connectivity index (χ4v) is 2.29. The average molecular weight is 368 g/mol. The van der Waals surface area contributed by atoms with E-state index in [1.165, 1.54) is 36.7 Å². The number of hydrogen-bond donors (Lipinski definition) is 2. The molecular weight excluding hydrogens is 351 g/mol. The van der Waals surface area contributed by atoms with Crippen molar-refractivity contribution < 1.29 is 18.7 Å². The van der Waals surface area contributed by atoms with Crippen LogP contribution in [0, 0.1) is 5.82 Å². The SMILES string of the molecule is COc1ccc(OC)c(Nc2cnc(C(=O)Nc3ccc(F)cc3)cn2)c1. The molecule has 0 unspecified atom stereocenters. The highest BCUT2D eigenvalue weighted by molar-refractivity contribution is 6.02. The van der Waals surface area contributed by atoms with Crippen LogP contribution in [0.3, 0.4) is 0 Å². The molecule has 1 aromatic heterocycles. The third kappa shape index (κ3) is 4.49. The molecule has 0 saturated heterocycles. The summed E-state index contributed by atoms with van der Waals surface area (Å²) in [6.45, 7) is 0. The van der Waals surface area contributed by atoms with Crippen molar-refractivity contribution in [3.05, 3.63) is 66.4 Å². The maximum Gasteiger partial charge on any atom is 0.275 e. The topological polar surface area (TPSA) is 85.4 Å². The number of ether oxygens (including phenoxy) is 2. The molecule has 3 rings (SSSR count). The van der Waals surface area contributed by atoms with Crippen LogP contribution in [0.4, 0.5) is 21.6 Å². The van der Waals surface area contributed by atoms with Gasteiger partial charge in [-0.15, -0.1) is 0 Å². The van der Waals surface area contributed by atoms with Crippen molar-refractivity contribution in [2.24, 2.45) is 0 Å². The molecule has 27 heavy (non-hydrogen) atoms. The van der Waals surface area contributed by atoms with Gasteiger partial charge in [0.25, 0.3) is 5.91 Å². The molecule has 0 saturated carbocycles. The lowest BCUT2D eigenvalue weighted by Crippen LogP contribution is -2.14. The summed E-state index contributed by atoms with van der Waals surface area (Å²) in [6.07, 6.45) is 2.77. The Balaban J connectivity index is 1.72. The van der Waals surface area contributed by atoms with Gasteiger partial charge in [0, 0.05) is 11.8 Å². The second kappa shape index (κ2) is 8.13. The second-order valence-electron chi connectivity index (χ2n) is 5.44. The van der Waals surface area contributed by atoms with Crippen molar-refractivity contribution in [1.29, 1.82) is 0 Å². The number of rotatable bonds is 6. The number of amides is 1. The first-order valence-corrected chi connectivity index (χ1v) is 7.97. The standard InChI is InChI=1S/C19H17FN4O3/c1-26-14-7-8-17(27-2)15(9-14)24-18-11-21-16(10-22-18)19(25)23-13-5-3-12(20)4-6-13/h3-11H,1-2H3,(H,22,24)(H,23,25). The van der Waals surface area contributed by atoms with Crippen molar-refractivity contribution in [3.63, 3.8) is 0 Å². The summed E-state index contributed by atoms with van der Waals surface area (Å²) in [7, 11) is 3.13. The van der Waals surface area contributed by atoms with Gasteiger partial charge >= 0.3 is 0 Å². The maximum absolute atomic E-state index is 12.9. The normalized spacial score (nSPS) is 10.2. The van der Waals surface area contributed by atoms with Gasteiger partial charge < -0.3 is 20.1 Å². The van der Waals surface area contributed by atoms with Crippen molar-refractivity contribution in [2.45, 2.75) is 0 Å². The lowest BCUT2D eigenvalue weighted by molar-refractivity contribution is 0.102. The number of methoxy groups -OCH3 is 2. The molecule has 0 bridgehead atoms. The van der Waals surface area contributed by atoms with E-state index in [0.29, 0.717) is 28.7 Å². The minimum atomic E-state index is -0.445. The lowest BCUT2D eigenvalue weighted by atomic mass is 10.2. The molecule has 0 spiro atoms. The van der Waals surface area contributed by atoms with E-state index < -0.39 is 5.91 Å². The van der Waals surface area contributed by atoms with Gasteiger partial charge in [-0.05, 0) is 36.4 Å². The van der Waals surface area contributed by atoms with Crippen LogP contribution in [0.25, 0.3) is 0 Å². The number of benzene rings is 2. The molecule has 2 aromatic carbocycles. The minimum absolute atomic E-state index is 0.127. The van der Waals surface area contributed by atoms with Gasteiger partial charge in [-0.25, -0.2) is 14.4 Å². The number of carbonyl (C=O) groups excluding carboxylic acids is 1. The van der Waals surface area contributed by atoms with Crippen LogP contribution in [0.2, 0.25) is 0 Å². The van der Waals surface area contributed by atoms with Gasteiger partial charge in [0.15, 0.2) is 0 Å². The average Bonchev–Trinajstić information content (AvgIpc) is 2.70. The van der Waals surface area contributed by atoms with Crippen molar-refractivity contribution in [1.82, 2.24) is 9.97 Å². The Bertz CT molecular complexity index is 931. The Kier molecular flexibility index (Phi) is 5.46. The molecule has 138 valence electrons. The summed E-state index contributed by atoms with van der Waals surface area (Å²) in [5, 5.41) is 5.69. The van der Waals surface area contributed by atoms with E-state index in [1.54, 1.807) is 32.4 Å². The Hall–Kier alpha value is -3.68. The van der Waals surface area contributed by atoms with Gasteiger partial charge in [-0.2, -0.15) is 0 Å². The predicted molar refractivity (Wildman–Crippen MR) is 99.2 cm³/mol. The fourth-order valence-electron chi connectivity index (χ4n) is 2.29. The number of nitrogens with one attached hydrogen (secondary N) is 2. The van der Waals surface area contributed by atoms with Crippen molar-refractivity contribution in [3.8, 4) is 11.5 Å². The summed E-state index contributed by atoms with van der Waals surface area (Å²) in [6, 6.07) is 10.7. The number of carbonyl (C=O) groups is 1. The number of hydrogen-bond acceptors (Lipinski definition) is 6. The molecule has 2 N–H and O–H groups in total. The molecule has 1 amide bonds. The molecule has 7 nitrogen and oxygen atoms in total. The molecule has 0 aliphatic heterocycles. The van der Waals surface area contributed by atoms with Gasteiger partial charge in [0.1, 0.15) is 28.8 Å². The van der Waals surface area contributed by atoms with Crippen LogP contribution in [0.1, 0.15) is 10.5 Å². The molecular formula is C19H17FN4O3. The summed E-state index contributed by atoms with van der Waals surface area (Å²) in [5.74, 6) is 0.868. The van der Waals surface area contributed by atoms with E-state index >= 15 is 0 Å². The largest absolute Gasteiger partial charge is 0.497 e. The van der Waals surface area contributed by atoms with Crippen molar-refractivity contribution in [2.75, 3.05) is 24.9 Å². The van der Waals surface area contributed by atoms with Crippen LogP contribution in [-0.4, -0.2) is 30.1 Å². The quantitative estimate of drug-likeness (QED) is 0.691.